The van der Waals surface area contributed by atoms with E-state index in [0.29, 0.717) is 13.0 Å². The first-order chi connectivity index (χ1) is 10.1. The first kappa shape index (κ1) is 16.0. The summed E-state index contributed by atoms with van der Waals surface area (Å²) in [7, 11) is 0. The van der Waals surface area contributed by atoms with Gasteiger partial charge in [0.1, 0.15) is 0 Å². The average molecular weight is 313 g/mol. The van der Waals surface area contributed by atoms with Crippen molar-refractivity contribution in [2.75, 3.05) is 6.54 Å². The second-order valence-corrected chi connectivity index (χ2v) is 5.88. The SMILES string of the molecule is CCNC(CCCc1cccs1)c1ccc(F)c(F)c1F. The number of benzene rings is 1. The summed E-state index contributed by atoms with van der Waals surface area (Å²) in [5.41, 5.74) is 0.196. The molecule has 114 valence electrons. The Bertz CT molecular complexity index is 569. The van der Waals surface area contributed by atoms with E-state index < -0.39 is 17.5 Å². The first-order valence-corrected chi connectivity index (χ1v) is 7.90. The van der Waals surface area contributed by atoms with Gasteiger partial charge in [0.05, 0.1) is 0 Å². The summed E-state index contributed by atoms with van der Waals surface area (Å²) in [6.45, 7) is 2.55. The highest BCUT2D eigenvalue weighted by Gasteiger charge is 2.20. The molecule has 0 saturated carbocycles. The lowest BCUT2D eigenvalue weighted by Gasteiger charge is -2.19. The summed E-state index contributed by atoms with van der Waals surface area (Å²) in [6.07, 6.45) is 2.44. The molecular formula is C16H18F3NS. The Labute approximate surface area is 126 Å². The van der Waals surface area contributed by atoms with Crippen LogP contribution in [0.4, 0.5) is 13.2 Å². The van der Waals surface area contributed by atoms with Crippen LogP contribution in [-0.4, -0.2) is 6.54 Å². The van der Waals surface area contributed by atoms with Crippen LogP contribution in [0.5, 0.6) is 0 Å². The number of aryl methyl sites for hydroxylation is 1. The lowest BCUT2D eigenvalue weighted by molar-refractivity contribution is 0.416. The molecule has 1 atom stereocenters. The van der Waals surface area contributed by atoms with Gasteiger partial charge in [-0.2, -0.15) is 0 Å². The first-order valence-electron chi connectivity index (χ1n) is 7.02. The van der Waals surface area contributed by atoms with Crippen molar-refractivity contribution >= 4 is 11.3 Å². The standard InChI is InChI=1S/C16H18F3NS/c1-2-20-14(7-3-5-11-6-4-10-21-11)12-8-9-13(17)16(19)15(12)18/h4,6,8-10,14,20H,2-3,5,7H2,1H3. The molecule has 0 aliphatic heterocycles. The van der Waals surface area contributed by atoms with Crippen LogP contribution in [0, 0.1) is 17.5 Å². The van der Waals surface area contributed by atoms with Gasteiger partial charge in [0.15, 0.2) is 17.5 Å². The maximum absolute atomic E-state index is 13.9. The Morgan fingerprint density at radius 3 is 2.62 bits per heavy atom. The lowest BCUT2D eigenvalue weighted by atomic mass is 9.99. The summed E-state index contributed by atoms with van der Waals surface area (Å²) in [5, 5.41) is 5.16. The quantitative estimate of drug-likeness (QED) is 0.721. The maximum Gasteiger partial charge on any atom is 0.194 e. The summed E-state index contributed by atoms with van der Waals surface area (Å²) in [5.74, 6) is -3.63. The van der Waals surface area contributed by atoms with Crippen molar-refractivity contribution < 1.29 is 13.2 Å². The average Bonchev–Trinajstić information content (AvgIpc) is 2.98. The predicted molar refractivity (Wildman–Crippen MR) is 80.0 cm³/mol. The fourth-order valence-corrected chi connectivity index (χ4v) is 3.11. The second-order valence-electron chi connectivity index (χ2n) is 4.85. The van der Waals surface area contributed by atoms with E-state index in [0.717, 1.165) is 18.9 Å². The van der Waals surface area contributed by atoms with Crippen molar-refractivity contribution in [3.8, 4) is 0 Å². The Kier molecular flexibility index (Phi) is 5.82. The molecule has 0 spiro atoms. The van der Waals surface area contributed by atoms with E-state index >= 15 is 0 Å². The highest BCUT2D eigenvalue weighted by molar-refractivity contribution is 7.09. The Morgan fingerprint density at radius 1 is 1.14 bits per heavy atom. The van der Waals surface area contributed by atoms with Gasteiger partial charge in [0.25, 0.3) is 0 Å². The van der Waals surface area contributed by atoms with E-state index in [1.54, 1.807) is 11.3 Å². The van der Waals surface area contributed by atoms with Crippen molar-refractivity contribution in [1.82, 2.24) is 5.32 Å². The summed E-state index contributed by atoms with van der Waals surface area (Å²) in [4.78, 5) is 1.27. The molecule has 0 amide bonds. The molecule has 0 radical (unpaired) electrons. The number of hydrogen-bond donors (Lipinski definition) is 1. The number of rotatable bonds is 7. The van der Waals surface area contributed by atoms with Crippen LogP contribution in [0.3, 0.4) is 0 Å². The predicted octanol–water partition coefficient (Wildman–Crippen LogP) is 4.84. The molecule has 1 nitrogen and oxygen atoms in total. The summed E-state index contributed by atoms with van der Waals surface area (Å²) >= 11 is 1.69. The molecule has 1 N–H and O–H groups in total. The molecule has 0 aliphatic carbocycles. The van der Waals surface area contributed by atoms with E-state index in [2.05, 4.69) is 11.4 Å². The number of halogens is 3. The smallest absolute Gasteiger partial charge is 0.194 e. The van der Waals surface area contributed by atoms with Crippen LogP contribution < -0.4 is 5.32 Å². The molecule has 0 aliphatic rings. The van der Waals surface area contributed by atoms with Gasteiger partial charge in [-0.15, -0.1) is 11.3 Å². The molecule has 0 fully saturated rings. The highest BCUT2D eigenvalue weighted by Crippen LogP contribution is 2.25. The molecule has 0 saturated heterocycles. The van der Waals surface area contributed by atoms with Gasteiger partial charge >= 0.3 is 0 Å². The fourth-order valence-electron chi connectivity index (χ4n) is 2.36. The maximum atomic E-state index is 13.9. The zero-order valence-electron chi connectivity index (χ0n) is 11.8. The van der Waals surface area contributed by atoms with Crippen molar-refractivity contribution in [2.24, 2.45) is 0 Å². The topological polar surface area (TPSA) is 12.0 Å². The highest BCUT2D eigenvalue weighted by atomic mass is 32.1. The van der Waals surface area contributed by atoms with E-state index in [1.807, 2.05) is 18.4 Å². The Hall–Kier alpha value is -1.33. The molecule has 21 heavy (non-hydrogen) atoms. The zero-order valence-corrected chi connectivity index (χ0v) is 12.7. The van der Waals surface area contributed by atoms with Crippen LogP contribution in [0.2, 0.25) is 0 Å². The van der Waals surface area contributed by atoms with Gasteiger partial charge in [0, 0.05) is 16.5 Å². The van der Waals surface area contributed by atoms with Crippen LogP contribution >= 0.6 is 11.3 Å². The third-order valence-corrected chi connectivity index (χ3v) is 4.32. The molecule has 0 bridgehead atoms. The van der Waals surface area contributed by atoms with E-state index in [4.69, 9.17) is 0 Å². The molecule has 1 aromatic heterocycles. The lowest BCUT2D eigenvalue weighted by Crippen LogP contribution is -2.22. The summed E-state index contributed by atoms with van der Waals surface area (Å²) in [6, 6.07) is 6.07. The monoisotopic (exact) mass is 313 g/mol. The van der Waals surface area contributed by atoms with Crippen molar-refractivity contribution in [2.45, 2.75) is 32.2 Å². The van der Waals surface area contributed by atoms with Crippen molar-refractivity contribution in [1.29, 1.82) is 0 Å². The van der Waals surface area contributed by atoms with E-state index in [-0.39, 0.29) is 11.6 Å². The zero-order chi connectivity index (χ0) is 15.2. The third kappa shape index (κ3) is 4.08. The molecule has 2 aromatic rings. The van der Waals surface area contributed by atoms with Crippen LogP contribution in [0.15, 0.2) is 29.6 Å². The largest absolute Gasteiger partial charge is 0.310 e. The van der Waals surface area contributed by atoms with Gasteiger partial charge in [-0.3, -0.25) is 0 Å². The Morgan fingerprint density at radius 2 is 1.95 bits per heavy atom. The van der Waals surface area contributed by atoms with Crippen LogP contribution in [0.25, 0.3) is 0 Å². The number of nitrogens with one attached hydrogen (secondary N) is 1. The Balaban J connectivity index is 2.06. The van der Waals surface area contributed by atoms with Crippen LogP contribution in [0.1, 0.15) is 36.2 Å². The van der Waals surface area contributed by atoms with Crippen molar-refractivity contribution in [3.63, 3.8) is 0 Å². The molecular weight excluding hydrogens is 295 g/mol. The van der Waals surface area contributed by atoms with Crippen molar-refractivity contribution in [3.05, 3.63) is 57.5 Å². The van der Waals surface area contributed by atoms with E-state index in [1.165, 1.54) is 10.9 Å². The number of hydrogen-bond acceptors (Lipinski definition) is 2. The molecule has 1 aromatic carbocycles. The minimum absolute atomic E-state index is 0.196. The second kappa shape index (κ2) is 7.61. The molecule has 1 unspecified atom stereocenters. The van der Waals surface area contributed by atoms with Gasteiger partial charge in [-0.25, -0.2) is 13.2 Å². The van der Waals surface area contributed by atoms with Gasteiger partial charge < -0.3 is 5.32 Å². The van der Waals surface area contributed by atoms with Gasteiger partial charge in [0.2, 0.25) is 0 Å². The summed E-state index contributed by atoms with van der Waals surface area (Å²) < 4.78 is 40.3. The van der Waals surface area contributed by atoms with Gasteiger partial charge in [-0.1, -0.05) is 19.1 Å². The van der Waals surface area contributed by atoms with E-state index in [9.17, 15) is 13.2 Å². The number of thiophene rings is 1. The normalized spacial score (nSPS) is 12.6. The minimum Gasteiger partial charge on any atom is -0.310 e. The minimum atomic E-state index is -1.39. The molecule has 5 heteroatoms. The van der Waals surface area contributed by atoms with Crippen LogP contribution in [-0.2, 0) is 6.42 Å². The van der Waals surface area contributed by atoms with Gasteiger partial charge in [-0.05, 0) is 43.3 Å². The molecule has 2 rings (SSSR count). The third-order valence-electron chi connectivity index (χ3n) is 3.39. The fraction of sp³-hybridized carbons (Fsp3) is 0.375. The molecule has 1 heterocycles.